The molecule has 2 rings (SSSR count). The summed E-state index contributed by atoms with van der Waals surface area (Å²) in [7, 11) is 0. The van der Waals surface area contributed by atoms with Gasteiger partial charge in [0.25, 0.3) is 11.7 Å². The van der Waals surface area contributed by atoms with E-state index >= 15 is 0 Å². The van der Waals surface area contributed by atoms with Gasteiger partial charge in [0, 0.05) is 17.2 Å². The van der Waals surface area contributed by atoms with Gasteiger partial charge in [-0.2, -0.15) is 4.12 Å². The summed E-state index contributed by atoms with van der Waals surface area (Å²) in [5.74, 6) is 0. The van der Waals surface area contributed by atoms with Crippen molar-refractivity contribution in [1.82, 2.24) is 4.37 Å². The van der Waals surface area contributed by atoms with Crippen molar-refractivity contribution in [3.05, 3.63) is 16.6 Å². The zero-order valence-electron chi connectivity index (χ0n) is 5.54. The second kappa shape index (κ2) is 2.20. The van der Waals surface area contributed by atoms with Crippen LogP contribution in [0.5, 0.6) is 0 Å². The second-order valence-corrected chi connectivity index (χ2v) is 3.21. The highest BCUT2D eigenvalue weighted by Crippen LogP contribution is 2.16. The Morgan fingerprint density at radius 2 is 2.20 bits per heavy atom. The third-order valence-corrected chi connectivity index (χ3v) is 2.53. The smallest absolute Gasteiger partial charge is 0.281 e. The van der Waals surface area contributed by atoms with Gasteiger partial charge in [0.15, 0.2) is 5.69 Å². The molecule has 0 N–H and O–H groups in total. The summed E-state index contributed by atoms with van der Waals surface area (Å²) in [5.41, 5.74) is 1.95. The quantitative estimate of drug-likeness (QED) is 0.409. The third kappa shape index (κ3) is 0.794. The molecule has 0 bridgehead atoms. The Bertz CT molecular complexity index is 246. The van der Waals surface area contributed by atoms with Crippen LogP contribution in [-0.4, -0.2) is 4.37 Å². The first-order valence-electron chi connectivity index (χ1n) is 3.45. The van der Waals surface area contributed by atoms with Crippen LogP contribution in [0.3, 0.4) is 0 Å². The predicted octanol–water partition coefficient (Wildman–Crippen LogP) is 0.655. The molecule has 10 heavy (non-hydrogen) atoms. The molecule has 0 saturated heterocycles. The largest absolute Gasteiger partial charge is 0.700 e. The van der Waals surface area contributed by atoms with Crippen molar-refractivity contribution in [3.63, 3.8) is 0 Å². The predicted molar refractivity (Wildman–Crippen MR) is 37.7 cm³/mol. The molecule has 1 aromatic rings. The van der Waals surface area contributed by atoms with E-state index < -0.39 is 0 Å². The highest BCUT2D eigenvalue weighted by atomic mass is 32.1. The number of rotatable bonds is 0. The Labute approximate surface area is 63.2 Å². The van der Waals surface area contributed by atoms with Crippen LogP contribution in [0.1, 0.15) is 24.2 Å². The minimum Gasteiger partial charge on any atom is -0.700 e. The zero-order chi connectivity index (χ0) is 6.97. The van der Waals surface area contributed by atoms with E-state index in [1.807, 2.05) is 0 Å². The number of hydrogen-bond acceptors (Lipinski definition) is 3. The molecule has 0 aliphatic heterocycles. The van der Waals surface area contributed by atoms with Crippen LogP contribution in [0.2, 0.25) is 0 Å². The van der Waals surface area contributed by atoms with Gasteiger partial charge >= 0.3 is 0 Å². The van der Waals surface area contributed by atoms with Gasteiger partial charge in [0.05, 0.1) is 0 Å². The minimum absolute atomic E-state index is 0.913. The molecule has 0 atom stereocenters. The molecule has 3 nitrogen and oxygen atoms in total. The highest BCUT2D eigenvalue weighted by molar-refractivity contribution is 6.95. The fraction of sp³-hybridized carbons (Fsp3) is 0.667. The lowest BCUT2D eigenvalue weighted by atomic mass is 10.0. The lowest BCUT2D eigenvalue weighted by Crippen LogP contribution is -2.27. The molecule has 1 aromatic heterocycles. The zero-order valence-corrected chi connectivity index (χ0v) is 6.36. The Morgan fingerprint density at radius 1 is 1.40 bits per heavy atom. The molecular formula is C6H8N2OS. The van der Waals surface area contributed by atoms with Crippen LogP contribution < -0.4 is 4.12 Å². The maximum atomic E-state index is 10.9. The van der Waals surface area contributed by atoms with E-state index in [4.69, 9.17) is 0 Å². The first-order chi connectivity index (χ1) is 4.88. The van der Waals surface area contributed by atoms with Gasteiger partial charge < -0.3 is 5.21 Å². The van der Waals surface area contributed by atoms with Crippen LogP contribution in [0.4, 0.5) is 0 Å². The van der Waals surface area contributed by atoms with E-state index in [9.17, 15) is 5.21 Å². The average Bonchev–Trinajstić information content (AvgIpc) is 2.34. The summed E-state index contributed by atoms with van der Waals surface area (Å²) in [6.07, 6.45) is 4.26. The Balaban J connectivity index is 2.45. The van der Waals surface area contributed by atoms with Gasteiger partial charge in [-0.1, -0.05) is 0 Å². The molecule has 54 valence electrons. The lowest BCUT2D eigenvalue weighted by Gasteiger charge is -2.06. The van der Waals surface area contributed by atoms with E-state index in [-0.39, 0.29) is 0 Å². The molecule has 0 saturated carbocycles. The van der Waals surface area contributed by atoms with Gasteiger partial charge in [0.2, 0.25) is 5.69 Å². The average molecular weight is 156 g/mol. The number of hydrogen-bond donors (Lipinski definition) is 0. The Morgan fingerprint density at radius 3 is 3.00 bits per heavy atom. The van der Waals surface area contributed by atoms with Gasteiger partial charge in [-0.15, -0.1) is 0 Å². The Hall–Kier alpha value is -0.640. The van der Waals surface area contributed by atoms with Crippen LogP contribution in [0.15, 0.2) is 0 Å². The maximum absolute atomic E-state index is 10.9. The van der Waals surface area contributed by atoms with E-state index in [0.29, 0.717) is 0 Å². The topological polar surface area (TPSA) is 39.8 Å². The molecule has 0 amide bonds. The van der Waals surface area contributed by atoms with Crippen LogP contribution in [0, 0.1) is 5.21 Å². The molecule has 0 unspecified atom stereocenters. The second-order valence-electron chi connectivity index (χ2n) is 2.53. The first-order valence-corrected chi connectivity index (χ1v) is 4.18. The minimum atomic E-state index is 0.913. The number of nitrogens with zero attached hydrogens (tertiary/aromatic N) is 2. The van der Waals surface area contributed by atoms with Crippen molar-refractivity contribution in [2.45, 2.75) is 25.7 Å². The van der Waals surface area contributed by atoms with E-state index in [1.54, 1.807) is 0 Å². The molecule has 0 spiro atoms. The molecule has 1 heterocycles. The van der Waals surface area contributed by atoms with Crippen molar-refractivity contribution in [3.8, 4) is 0 Å². The van der Waals surface area contributed by atoms with Crippen molar-refractivity contribution in [1.29, 1.82) is 0 Å². The van der Waals surface area contributed by atoms with Crippen molar-refractivity contribution in [2.24, 2.45) is 0 Å². The normalized spacial score (nSPS) is 16.8. The van der Waals surface area contributed by atoms with E-state index in [2.05, 4.69) is 4.37 Å². The summed E-state index contributed by atoms with van der Waals surface area (Å²) < 4.78 is 4.99. The first kappa shape index (κ1) is 6.09. The van der Waals surface area contributed by atoms with Gasteiger partial charge in [-0.25, -0.2) is 0 Å². The molecule has 0 fully saturated rings. The fourth-order valence-electron chi connectivity index (χ4n) is 1.30. The SMILES string of the molecule is [O-][n+]1snc2c1CCCC2. The lowest BCUT2D eigenvalue weighted by molar-refractivity contribution is -0.540. The number of aromatic nitrogens is 2. The molecule has 1 aliphatic rings. The van der Waals surface area contributed by atoms with Crippen molar-refractivity contribution < 1.29 is 4.12 Å². The summed E-state index contributed by atoms with van der Waals surface area (Å²) in [6, 6.07) is 0. The van der Waals surface area contributed by atoms with Crippen LogP contribution >= 0.6 is 11.7 Å². The third-order valence-electron chi connectivity index (χ3n) is 1.86. The number of aryl methyl sites for hydroxylation is 1. The molecule has 4 heteroatoms. The van der Waals surface area contributed by atoms with E-state index in [1.165, 1.54) is 6.42 Å². The Kier molecular flexibility index (Phi) is 1.34. The standard InChI is InChI=1S/C6H8N2OS/c9-8-6-4-2-1-3-5(6)7-10-8/h1-4H2. The van der Waals surface area contributed by atoms with Crippen molar-refractivity contribution in [2.75, 3.05) is 0 Å². The van der Waals surface area contributed by atoms with Gasteiger partial charge in [-0.05, 0) is 12.8 Å². The molecular weight excluding hydrogens is 148 g/mol. The number of fused-ring (bicyclic) bond motifs is 1. The summed E-state index contributed by atoms with van der Waals surface area (Å²) in [4.78, 5) is 0. The van der Waals surface area contributed by atoms with Gasteiger partial charge in [0.1, 0.15) is 0 Å². The molecule has 1 aliphatic carbocycles. The monoisotopic (exact) mass is 156 g/mol. The van der Waals surface area contributed by atoms with Crippen molar-refractivity contribution >= 4 is 11.7 Å². The highest BCUT2D eigenvalue weighted by Gasteiger charge is 2.21. The molecule has 0 radical (unpaired) electrons. The van der Waals surface area contributed by atoms with Crippen LogP contribution in [0.25, 0.3) is 0 Å². The molecule has 0 aromatic carbocycles. The van der Waals surface area contributed by atoms with Crippen LogP contribution in [-0.2, 0) is 12.8 Å². The maximum Gasteiger partial charge on any atom is 0.281 e. The fourth-order valence-corrected chi connectivity index (χ4v) is 1.97. The summed E-state index contributed by atoms with van der Waals surface area (Å²) in [6.45, 7) is 0. The van der Waals surface area contributed by atoms with E-state index in [0.717, 1.165) is 46.5 Å². The van der Waals surface area contributed by atoms with Gasteiger partial charge in [-0.3, -0.25) is 0 Å². The summed E-state index contributed by atoms with van der Waals surface area (Å²) >= 11 is 1.03. The summed E-state index contributed by atoms with van der Waals surface area (Å²) in [5, 5.41) is 10.9.